The molecule has 1 aromatic heterocycles. The first-order chi connectivity index (χ1) is 10.0. The molecule has 0 saturated heterocycles. The molecule has 5 nitrogen and oxygen atoms in total. The summed E-state index contributed by atoms with van der Waals surface area (Å²) in [4.78, 5) is 10.8. The second-order valence-corrected chi connectivity index (χ2v) is 5.25. The largest absolute Gasteiger partial charge is 0.481 e. The van der Waals surface area contributed by atoms with Gasteiger partial charge in [0.15, 0.2) is 0 Å². The Bertz CT molecular complexity index is 613. The minimum absolute atomic E-state index is 0.280. The van der Waals surface area contributed by atoms with Crippen molar-refractivity contribution in [1.82, 2.24) is 9.97 Å². The van der Waals surface area contributed by atoms with E-state index in [4.69, 9.17) is 10.5 Å². The first-order valence-corrected chi connectivity index (χ1v) is 7.00. The van der Waals surface area contributed by atoms with Crippen LogP contribution in [0.2, 0.25) is 0 Å². The number of anilines is 2. The zero-order valence-electron chi connectivity index (χ0n) is 13.0. The average Bonchev–Trinajstić information content (AvgIpc) is 2.47. The van der Waals surface area contributed by atoms with Crippen LogP contribution < -0.4 is 15.4 Å². The third kappa shape index (κ3) is 3.24. The molecule has 0 spiro atoms. The Balaban J connectivity index is 2.39. The highest BCUT2D eigenvalue weighted by Crippen LogP contribution is 2.27. The minimum atomic E-state index is 0.280. The number of rotatable bonds is 5. The van der Waals surface area contributed by atoms with Crippen LogP contribution in [0.3, 0.4) is 0 Å². The molecule has 112 valence electrons. The van der Waals surface area contributed by atoms with Crippen molar-refractivity contribution in [2.45, 2.75) is 33.4 Å². The third-order valence-electron chi connectivity index (χ3n) is 3.50. The standard InChI is InChI=1S/C16H22N4O/c1-11(2)20(9-13-7-5-6-8-14(13)17)15-12(3)16(21-4)19-10-18-15/h5-8,10-11H,9,17H2,1-4H3. The predicted molar refractivity (Wildman–Crippen MR) is 85.5 cm³/mol. The van der Waals surface area contributed by atoms with Crippen LogP contribution in [0, 0.1) is 6.92 Å². The Morgan fingerprint density at radius 3 is 2.57 bits per heavy atom. The fourth-order valence-corrected chi connectivity index (χ4v) is 2.28. The molecule has 0 unspecified atom stereocenters. The molecule has 0 aliphatic rings. The summed E-state index contributed by atoms with van der Waals surface area (Å²) in [5, 5.41) is 0. The van der Waals surface area contributed by atoms with Gasteiger partial charge in [-0.3, -0.25) is 0 Å². The first-order valence-electron chi connectivity index (χ1n) is 7.00. The van der Waals surface area contributed by atoms with Crippen LogP contribution in [0.1, 0.15) is 25.0 Å². The van der Waals surface area contributed by atoms with Crippen molar-refractivity contribution >= 4 is 11.5 Å². The zero-order valence-corrected chi connectivity index (χ0v) is 13.0. The summed E-state index contributed by atoms with van der Waals surface area (Å²) in [6.45, 7) is 6.93. The molecule has 2 N–H and O–H groups in total. The van der Waals surface area contributed by atoms with Gasteiger partial charge < -0.3 is 15.4 Å². The molecular weight excluding hydrogens is 264 g/mol. The molecule has 2 rings (SSSR count). The number of nitrogens with two attached hydrogens (primary N) is 1. The summed E-state index contributed by atoms with van der Waals surface area (Å²) in [5.41, 5.74) is 8.87. The van der Waals surface area contributed by atoms with Crippen molar-refractivity contribution in [1.29, 1.82) is 0 Å². The van der Waals surface area contributed by atoms with E-state index in [2.05, 4.69) is 28.7 Å². The van der Waals surface area contributed by atoms with Gasteiger partial charge in [-0.2, -0.15) is 0 Å². The Morgan fingerprint density at radius 2 is 1.95 bits per heavy atom. The maximum Gasteiger partial charge on any atom is 0.221 e. The molecule has 0 radical (unpaired) electrons. The number of methoxy groups -OCH3 is 1. The van der Waals surface area contributed by atoms with Crippen molar-refractivity contribution < 1.29 is 4.74 Å². The SMILES string of the molecule is COc1ncnc(N(Cc2ccccc2N)C(C)C)c1C. The second-order valence-electron chi connectivity index (χ2n) is 5.25. The number of para-hydroxylation sites is 1. The zero-order chi connectivity index (χ0) is 15.4. The Hall–Kier alpha value is -2.30. The molecule has 1 aromatic carbocycles. The van der Waals surface area contributed by atoms with E-state index in [-0.39, 0.29) is 6.04 Å². The van der Waals surface area contributed by atoms with Gasteiger partial charge in [0.2, 0.25) is 5.88 Å². The Kier molecular flexibility index (Phi) is 4.62. The quantitative estimate of drug-likeness (QED) is 0.856. The average molecular weight is 286 g/mol. The van der Waals surface area contributed by atoms with Gasteiger partial charge in [0.25, 0.3) is 0 Å². The van der Waals surface area contributed by atoms with Crippen LogP contribution in [0.5, 0.6) is 5.88 Å². The van der Waals surface area contributed by atoms with Crippen molar-refractivity contribution in [3.05, 3.63) is 41.7 Å². The summed E-state index contributed by atoms with van der Waals surface area (Å²) in [5.74, 6) is 1.48. The molecule has 0 fully saturated rings. The van der Waals surface area contributed by atoms with Gasteiger partial charge in [-0.05, 0) is 32.4 Å². The van der Waals surface area contributed by atoms with Gasteiger partial charge >= 0.3 is 0 Å². The molecule has 0 atom stereocenters. The van der Waals surface area contributed by atoms with E-state index in [9.17, 15) is 0 Å². The van der Waals surface area contributed by atoms with Gasteiger partial charge in [-0.1, -0.05) is 18.2 Å². The molecule has 2 aromatic rings. The maximum absolute atomic E-state index is 6.06. The van der Waals surface area contributed by atoms with Gasteiger partial charge in [0, 0.05) is 18.3 Å². The van der Waals surface area contributed by atoms with E-state index in [0.717, 1.165) is 22.6 Å². The fraction of sp³-hybridized carbons (Fsp3) is 0.375. The molecule has 0 aliphatic carbocycles. The van der Waals surface area contributed by atoms with Crippen molar-refractivity contribution in [3.8, 4) is 5.88 Å². The topological polar surface area (TPSA) is 64.3 Å². The first kappa shape index (κ1) is 15.1. The molecule has 1 heterocycles. The summed E-state index contributed by atoms with van der Waals surface area (Å²) < 4.78 is 5.29. The molecule has 0 saturated carbocycles. The lowest BCUT2D eigenvalue weighted by molar-refractivity contribution is 0.393. The lowest BCUT2D eigenvalue weighted by Gasteiger charge is -2.29. The van der Waals surface area contributed by atoms with Crippen molar-refractivity contribution in [2.75, 3.05) is 17.7 Å². The minimum Gasteiger partial charge on any atom is -0.481 e. The second kappa shape index (κ2) is 6.43. The predicted octanol–water partition coefficient (Wildman–Crippen LogP) is 2.79. The van der Waals surface area contributed by atoms with E-state index >= 15 is 0 Å². The van der Waals surface area contributed by atoms with E-state index in [0.29, 0.717) is 12.4 Å². The van der Waals surface area contributed by atoms with Gasteiger partial charge in [-0.15, -0.1) is 0 Å². The lowest BCUT2D eigenvalue weighted by atomic mass is 10.1. The third-order valence-corrected chi connectivity index (χ3v) is 3.50. The smallest absolute Gasteiger partial charge is 0.221 e. The van der Waals surface area contributed by atoms with Gasteiger partial charge in [-0.25, -0.2) is 9.97 Å². The summed E-state index contributed by atoms with van der Waals surface area (Å²) in [6.07, 6.45) is 1.53. The number of nitrogen functional groups attached to an aromatic ring is 1. The molecule has 5 heteroatoms. The van der Waals surface area contributed by atoms with Crippen LogP contribution >= 0.6 is 0 Å². The van der Waals surface area contributed by atoms with Gasteiger partial charge in [0.05, 0.1) is 12.7 Å². The van der Waals surface area contributed by atoms with E-state index in [1.54, 1.807) is 7.11 Å². The normalized spacial score (nSPS) is 10.7. The van der Waals surface area contributed by atoms with Crippen molar-refractivity contribution in [3.63, 3.8) is 0 Å². The molecule has 21 heavy (non-hydrogen) atoms. The van der Waals surface area contributed by atoms with Crippen LogP contribution in [-0.4, -0.2) is 23.1 Å². The van der Waals surface area contributed by atoms with Gasteiger partial charge in [0.1, 0.15) is 12.1 Å². The molecule has 0 aliphatic heterocycles. The number of hydrogen-bond acceptors (Lipinski definition) is 5. The fourth-order valence-electron chi connectivity index (χ4n) is 2.28. The monoisotopic (exact) mass is 286 g/mol. The Morgan fingerprint density at radius 1 is 1.24 bits per heavy atom. The number of benzene rings is 1. The van der Waals surface area contributed by atoms with E-state index < -0.39 is 0 Å². The highest BCUT2D eigenvalue weighted by Gasteiger charge is 2.18. The molecule has 0 bridgehead atoms. The number of aromatic nitrogens is 2. The van der Waals surface area contributed by atoms with E-state index in [1.807, 2.05) is 31.2 Å². The number of nitrogens with zero attached hydrogens (tertiary/aromatic N) is 3. The summed E-state index contributed by atoms with van der Waals surface area (Å²) >= 11 is 0. The highest BCUT2D eigenvalue weighted by molar-refractivity contribution is 5.54. The summed E-state index contributed by atoms with van der Waals surface area (Å²) in [6, 6.07) is 8.18. The number of ether oxygens (including phenoxy) is 1. The summed E-state index contributed by atoms with van der Waals surface area (Å²) in [7, 11) is 1.62. The van der Waals surface area contributed by atoms with Crippen LogP contribution in [-0.2, 0) is 6.54 Å². The highest BCUT2D eigenvalue weighted by atomic mass is 16.5. The van der Waals surface area contributed by atoms with Crippen LogP contribution in [0.25, 0.3) is 0 Å². The van der Waals surface area contributed by atoms with E-state index in [1.165, 1.54) is 6.33 Å². The lowest BCUT2D eigenvalue weighted by Crippen LogP contribution is -2.32. The molecule has 0 amide bonds. The van der Waals surface area contributed by atoms with Crippen molar-refractivity contribution in [2.24, 2.45) is 0 Å². The maximum atomic E-state index is 6.06. The van der Waals surface area contributed by atoms with Crippen LogP contribution in [0.4, 0.5) is 11.5 Å². The number of hydrogen-bond donors (Lipinski definition) is 1. The Labute approximate surface area is 125 Å². The van der Waals surface area contributed by atoms with Crippen LogP contribution in [0.15, 0.2) is 30.6 Å². The molecular formula is C16H22N4O.